The Bertz CT molecular complexity index is 995. The fourth-order valence-corrected chi connectivity index (χ4v) is 2.82. The molecular weight excluding hydrogens is 338 g/mol. The van der Waals surface area contributed by atoms with Crippen molar-refractivity contribution in [3.05, 3.63) is 46.6 Å². The number of aromatic nitrogens is 2. The van der Waals surface area contributed by atoms with Gasteiger partial charge in [0.15, 0.2) is 0 Å². The van der Waals surface area contributed by atoms with E-state index in [9.17, 15) is 22.4 Å². The minimum atomic E-state index is -4.48. The molecule has 0 saturated heterocycles. The Balaban J connectivity index is 2.29. The summed E-state index contributed by atoms with van der Waals surface area (Å²) in [6.07, 6.45) is -3.14. The molecule has 0 unspecified atom stereocenters. The van der Waals surface area contributed by atoms with Crippen LogP contribution in [0.15, 0.2) is 35.3 Å². The number of anilines is 1. The Hall–Kier alpha value is -2.64. The van der Waals surface area contributed by atoms with Crippen molar-refractivity contribution in [3.8, 4) is 0 Å². The van der Waals surface area contributed by atoms with Gasteiger partial charge in [0.2, 0.25) is 0 Å². The number of aromatic amines is 1. The number of fused-ring (bicyclic) bond motifs is 3. The maximum Gasteiger partial charge on any atom is 0.408 e. The summed E-state index contributed by atoms with van der Waals surface area (Å²) in [6.45, 7) is 2.89. The second-order valence-electron chi connectivity index (χ2n) is 6.12. The highest BCUT2D eigenvalue weighted by molar-refractivity contribution is 6.09. The molecule has 1 aromatic carbocycles. The van der Waals surface area contributed by atoms with E-state index in [1.807, 2.05) is 0 Å². The lowest BCUT2D eigenvalue weighted by atomic mass is 10.0. The predicted octanol–water partition coefficient (Wildman–Crippen LogP) is 4.21. The molecule has 8 heteroatoms. The summed E-state index contributed by atoms with van der Waals surface area (Å²) < 4.78 is 53.6. The van der Waals surface area contributed by atoms with Gasteiger partial charge in [0.1, 0.15) is 17.7 Å². The molecule has 2 aromatic heterocycles. The first kappa shape index (κ1) is 17.2. The highest BCUT2D eigenvalue weighted by Crippen LogP contribution is 2.33. The van der Waals surface area contributed by atoms with E-state index >= 15 is 0 Å². The van der Waals surface area contributed by atoms with Gasteiger partial charge in [0.05, 0.1) is 10.9 Å². The minimum Gasteiger partial charge on any atom is -0.358 e. The van der Waals surface area contributed by atoms with Crippen LogP contribution in [0, 0.1) is 11.7 Å². The largest absolute Gasteiger partial charge is 0.408 e. The average Bonchev–Trinajstić information content (AvgIpc) is 2.50. The van der Waals surface area contributed by atoms with Crippen LogP contribution >= 0.6 is 0 Å². The topological polar surface area (TPSA) is 57.8 Å². The monoisotopic (exact) mass is 353 g/mol. The van der Waals surface area contributed by atoms with Crippen LogP contribution < -0.4 is 10.9 Å². The molecule has 3 aromatic rings. The van der Waals surface area contributed by atoms with E-state index in [0.717, 1.165) is 12.1 Å². The number of benzene rings is 1. The molecule has 0 aliphatic rings. The third-order valence-corrected chi connectivity index (χ3v) is 3.99. The Kier molecular flexibility index (Phi) is 4.14. The molecule has 0 saturated carbocycles. The zero-order valence-corrected chi connectivity index (χ0v) is 13.4. The van der Waals surface area contributed by atoms with Gasteiger partial charge < -0.3 is 10.3 Å². The van der Waals surface area contributed by atoms with E-state index in [4.69, 9.17) is 0 Å². The summed E-state index contributed by atoms with van der Waals surface area (Å²) in [5, 5.41) is 3.01. The van der Waals surface area contributed by atoms with Gasteiger partial charge in [-0.15, -0.1) is 0 Å². The number of hydrogen-bond acceptors (Lipinski definition) is 3. The maximum atomic E-state index is 13.7. The molecule has 0 aliphatic carbocycles. The van der Waals surface area contributed by atoms with E-state index in [0.29, 0.717) is 0 Å². The minimum absolute atomic E-state index is 0.0378. The van der Waals surface area contributed by atoms with Crippen LogP contribution in [0.3, 0.4) is 0 Å². The normalized spacial score (nSPS) is 13.6. The number of hydrogen-bond donors (Lipinski definition) is 2. The van der Waals surface area contributed by atoms with Crippen molar-refractivity contribution in [2.45, 2.75) is 26.1 Å². The SMILES string of the molecule is CC(C)[C@H](Nc1nc2cc[nH]c(=O)c2c2cc(F)ccc12)C(F)(F)F. The molecule has 3 rings (SSSR count). The standard InChI is InChI=1S/C17H15F4N3O/c1-8(2)14(17(19,20)21)24-15-10-4-3-9(18)7-11(10)13-12(23-15)5-6-22-16(13)25/h3-8,14H,1-2H3,(H,22,25)(H,23,24)/t14-/m0/s1. The summed E-state index contributed by atoms with van der Waals surface area (Å²) in [6, 6.07) is 3.20. The maximum absolute atomic E-state index is 13.7. The fourth-order valence-electron chi connectivity index (χ4n) is 2.82. The van der Waals surface area contributed by atoms with Crippen LogP contribution in [0.4, 0.5) is 23.4 Å². The number of alkyl halides is 3. The number of H-pyrrole nitrogens is 1. The number of rotatable bonds is 3. The Labute approximate surface area is 139 Å². The lowest BCUT2D eigenvalue weighted by Gasteiger charge is -2.26. The van der Waals surface area contributed by atoms with E-state index in [1.54, 1.807) is 0 Å². The first-order chi connectivity index (χ1) is 11.7. The summed E-state index contributed by atoms with van der Waals surface area (Å²) in [7, 11) is 0. The number of nitrogens with one attached hydrogen (secondary N) is 2. The van der Waals surface area contributed by atoms with Crippen LogP contribution in [0.5, 0.6) is 0 Å². The third-order valence-electron chi connectivity index (χ3n) is 3.99. The van der Waals surface area contributed by atoms with Crippen molar-refractivity contribution in [1.29, 1.82) is 0 Å². The molecule has 1 atom stereocenters. The lowest BCUT2D eigenvalue weighted by Crippen LogP contribution is -2.40. The second kappa shape index (κ2) is 6.02. The molecule has 25 heavy (non-hydrogen) atoms. The van der Waals surface area contributed by atoms with Gasteiger partial charge >= 0.3 is 6.18 Å². The highest BCUT2D eigenvalue weighted by Gasteiger charge is 2.42. The van der Waals surface area contributed by atoms with E-state index < -0.39 is 29.5 Å². The molecule has 0 amide bonds. The van der Waals surface area contributed by atoms with Crippen LogP contribution in [-0.4, -0.2) is 22.2 Å². The first-order valence-corrected chi connectivity index (χ1v) is 7.62. The van der Waals surface area contributed by atoms with Gasteiger partial charge in [-0.3, -0.25) is 4.79 Å². The van der Waals surface area contributed by atoms with Gasteiger partial charge in [0, 0.05) is 17.0 Å². The highest BCUT2D eigenvalue weighted by atomic mass is 19.4. The van der Waals surface area contributed by atoms with Crippen molar-refractivity contribution in [3.63, 3.8) is 0 Å². The Morgan fingerprint density at radius 2 is 1.88 bits per heavy atom. The molecular formula is C17H15F4N3O. The summed E-state index contributed by atoms with van der Waals surface area (Å²) in [5.41, 5.74) is -0.294. The molecule has 132 valence electrons. The molecule has 2 N–H and O–H groups in total. The van der Waals surface area contributed by atoms with E-state index in [2.05, 4.69) is 15.3 Å². The Morgan fingerprint density at radius 1 is 1.16 bits per heavy atom. The summed E-state index contributed by atoms with van der Waals surface area (Å²) >= 11 is 0. The Morgan fingerprint density at radius 3 is 2.52 bits per heavy atom. The van der Waals surface area contributed by atoms with Crippen LogP contribution in [0.2, 0.25) is 0 Å². The number of nitrogens with zero attached hydrogens (tertiary/aromatic N) is 1. The molecule has 2 heterocycles. The smallest absolute Gasteiger partial charge is 0.358 e. The van der Waals surface area contributed by atoms with Crippen molar-refractivity contribution in [2.24, 2.45) is 5.92 Å². The van der Waals surface area contributed by atoms with E-state index in [1.165, 1.54) is 32.2 Å². The predicted molar refractivity (Wildman–Crippen MR) is 88.1 cm³/mol. The second-order valence-corrected chi connectivity index (χ2v) is 6.12. The van der Waals surface area contributed by atoms with Gasteiger partial charge in [-0.25, -0.2) is 9.37 Å². The summed E-state index contributed by atoms with van der Waals surface area (Å²) in [4.78, 5) is 18.7. The lowest BCUT2D eigenvalue weighted by molar-refractivity contribution is -0.150. The van der Waals surface area contributed by atoms with Crippen LogP contribution in [0.25, 0.3) is 21.7 Å². The first-order valence-electron chi connectivity index (χ1n) is 7.62. The van der Waals surface area contributed by atoms with Crippen molar-refractivity contribution in [1.82, 2.24) is 9.97 Å². The van der Waals surface area contributed by atoms with Gasteiger partial charge in [-0.05, 0) is 30.2 Å². The quantitative estimate of drug-likeness (QED) is 0.548. The van der Waals surface area contributed by atoms with E-state index in [-0.39, 0.29) is 27.5 Å². The summed E-state index contributed by atoms with van der Waals surface area (Å²) in [5.74, 6) is -1.37. The van der Waals surface area contributed by atoms with Gasteiger partial charge in [-0.1, -0.05) is 13.8 Å². The van der Waals surface area contributed by atoms with Crippen molar-refractivity contribution >= 4 is 27.5 Å². The fraction of sp³-hybridized carbons (Fsp3) is 0.294. The molecule has 0 bridgehead atoms. The molecule has 0 aliphatic heterocycles. The zero-order chi connectivity index (χ0) is 18.4. The molecule has 0 fully saturated rings. The van der Waals surface area contributed by atoms with Gasteiger partial charge in [0.25, 0.3) is 5.56 Å². The van der Waals surface area contributed by atoms with Crippen LogP contribution in [-0.2, 0) is 0 Å². The van der Waals surface area contributed by atoms with Crippen LogP contribution in [0.1, 0.15) is 13.8 Å². The number of halogens is 4. The van der Waals surface area contributed by atoms with Crippen molar-refractivity contribution < 1.29 is 17.6 Å². The number of pyridine rings is 2. The molecule has 4 nitrogen and oxygen atoms in total. The van der Waals surface area contributed by atoms with Gasteiger partial charge in [-0.2, -0.15) is 13.2 Å². The average molecular weight is 353 g/mol. The molecule has 0 radical (unpaired) electrons. The zero-order valence-electron chi connectivity index (χ0n) is 13.4. The van der Waals surface area contributed by atoms with Crippen molar-refractivity contribution in [2.75, 3.05) is 5.32 Å². The molecule has 0 spiro atoms. The third kappa shape index (κ3) is 3.16.